The number of benzene rings is 1. The smallest absolute Gasteiger partial charge is 0.252 e. The van der Waals surface area contributed by atoms with Crippen molar-refractivity contribution in [1.82, 2.24) is 25.1 Å². The van der Waals surface area contributed by atoms with Crippen molar-refractivity contribution in [2.24, 2.45) is 5.92 Å². The highest BCUT2D eigenvalue weighted by Gasteiger charge is 2.52. The Morgan fingerprint density at radius 3 is 2.72 bits per heavy atom. The molecule has 1 N–H and O–H groups in total. The van der Waals surface area contributed by atoms with Crippen LogP contribution in [0.5, 0.6) is 0 Å². The van der Waals surface area contributed by atoms with Gasteiger partial charge in [-0.25, -0.2) is 9.97 Å². The molecule has 2 amide bonds. The molecule has 0 bridgehead atoms. The minimum absolute atomic E-state index is 0.0545. The third-order valence-corrected chi connectivity index (χ3v) is 6.06. The minimum atomic E-state index is -0.580. The average Bonchev–Trinajstić information content (AvgIpc) is 2.97. The summed E-state index contributed by atoms with van der Waals surface area (Å²) in [4.78, 5) is 38.5. The van der Waals surface area contributed by atoms with Crippen molar-refractivity contribution in [1.29, 1.82) is 0 Å². The first-order valence-electron chi connectivity index (χ1n) is 9.99. The van der Waals surface area contributed by atoms with Crippen molar-refractivity contribution in [2.75, 3.05) is 27.2 Å². The molecule has 0 unspecified atom stereocenters. The highest BCUT2D eigenvalue weighted by Crippen LogP contribution is 2.36. The SMILES string of the molecule is Cc1ncc(CN2C[C@H](C(=O)N(C)C)[C@]3(CCc4ccccc4C(=O)N3)C2)cn1. The first-order chi connectivity index (χ1) is 13.9. The fourth-order valence-electron chi connectivity index (χ4n) is 4.57. The molecule has 7 nitrogen and oxygen atoms in total. The zero-order chi connectivity index (χ0) is 20.6. The Balaban J connectivity index is 1.63. The van der Waals surface area contributed by atoms with Crippen molar-refractivity contribution in [3.05, 3.63) is 59.2 Å². The molecule has 0 radical (unpaired) electrons. The van der Waals surface area contributed by atoms with E-state index in [1.807, 2.05) is 43.6 Å². The van der Waals surface area contributed by atoms with Gasteiger partial charge < -0.3 is 10.2 Å². The van der Waals surface area contributed by atoms with Gasteiger partial charge >= 0.3 is 0 Å². The fourth-order valence-corrected chi connectivity index (χ4v) is 4.57. The normalized spacial score (nSPS) is 24.1. The molecule has 1 aromatic heterocycles. The molecule has 1 aromatic carbocycles. The van der Waals surface area contributed by atoms with Gasteiger partial charge in [0.05, 0.1) is 11.5 Å². The highest BCUT2D eigenvalue weighted by molar-refractivity contribution is 5.97. The zero-order valence-corrected chi connectivity index (χ0v) is 17.2. The largest absolute Gasteiger partial charge is 0.348 e. The standard InChI is InChI=1S/C22H27N5O2/c1-15-23-10-16(11-24-15)12-27-13-19(21(29)26(2)3)22(14-27)9-8-17-6-4-5-7-18(17)20(28)25-22/h4-7,10-11,19H,8-9,12-14H2,1-3H3,(H,25,28)/t19-,22+/m1/s1. The van der Waals surface area contributed by atoms with E-state index in [0.29, 0.717) is 25.2 Å². The second-order valence-electron chi connectivity index (χ2n) is 8.36. The maximum atomic E-state index is 13.1. The number of fused-ring (bicyclic) bond motifs is 1. The molecular weight excluding hydrogens is 366 g/mol. The van der Waals surface area contributed by atoms with E-state index in [-0.39, 0.29) is 17.7 Å². The summed E-state index contributed by atoms with van der Waals surface area (Å²) in [6.45, 7) is 3.74. The van der Waals surface area contributed by atoms with Gasteiger partial charge in [-0.2, -0.15) is 0 Å². The molecule has 1 fully saturated rings. The Bertz CT molecular complexity index is 927. The molecule has 1 spiro atoms. The number of amides is 2. The van der Waals surface area contributed by atoms with E-state index in [9.17, 15) is 9.59 Å². The van der Waals surface area contributed by atoms with Crippen molar-refractivity contribution < 1.29 is 9.59 Å². The van der Waals surface area contributed by atoms with Gasteiger partial charge in [0.15, 0.2) is 0 Å². The van der Waals surface area contributed by atoms with E-state index in [1.165, 1.54) is 0 Å². The molecule has 0 aliphatic carbocycles. The predicted octanol–water partition coefficient (Wildman–Crippen LogP) is 1.42. The Hall–Kier alpha value is -2.80. The summed E-state index contributed by atoms with van der Waals surface area (Å²) >= 11 is 0. The van der Waals surface area contributed by atoms with Crippen LogP contribution in [0.15, 0.2) is 36.7 Å². The number of aryl methyl sites for hydroxylation is 2. The Morgan fingerprint density at radius 2 is 2.00 bits per heavy atom. The van der Waals surface area contributed by atoms with E-state index >= 15 is 0 Å². The van der Waals surface area contributed by atoms with Crippen LogP contribution in [-0.4, -0.2) is 64.3 Å². The van der Waals surface area contributed by atoms with E-state index in [0.717, 1.165) is 29.8 Å². The minimum Gasteiger partial charge on any atom is -0.348 e. The third-order valence-electron chi connectivity index (χ3n) is 6.06. The number of likely N-dealkylation sites (tertiary alicyclic amines) is 1. The number of aromatic nitrogens is 2. The number of nitrogens with one attached hydrogen (secondary N) is 1. The summed E-state index contributed by atoms with van der Waals surface area (Å²) in [7, 11) is 3.56. The molecule has 2 aliphatic rings. The van der Waals surface area contributed by atoms with Crippen molar-refractivity contribution in [2.45, 2.75) is 31.8 Å². The quantitative estimate of drug-likeness (QED) is 0.853. The second kappa shape index (κ2) is 7.55. The molecule has 7 heteroatoms. The lowest BCUT2D eigenvalue weighted by Crippen LogP contribution is -2.57. The molecular formula is C22H27N5O2. The van der Waals surface area contributed by atoms with Gasteiger partial charge in [0.1, 0.15) is 5.82 Å². The van der Waals surface area contributed by atoms with Gasteiger partial charge in [-0.15, -0.1) is 0 Å². The molecule has 1 saturated heterocycles. The van der Waals surface area contributed by atoms with Crippen molar-refractivity contribution in [3.63, 3.8) is 0 Å². The van der Waals surface area contributed by atoms with Crippen LogP contribution < -0.4 is 5.32 Å². The van der Waals surface area contributed by atoms with Crippen LogP contribution in [0.4, 0.5) is 0 Å². The van der Waals surface area contributed by atoms with Crippen LogP contribution in [0.2, 0.25) is 0 Å². The fraction of sp³-hybridized carbons (Fsp3) is 0.455. The van der Waals surface area contributed by atoms with Crippen LogP contribution in [0.1, 0.15) is 33.7 Å². The summed E-state index contributed by atoms with van der Waals surface area (Å²) in [5, 5.41) is 3.26. The van der Waals surface area contributed by atoms with E-state index < -0.39 is 5.54 Å². The lowest BCUT2D eigenvalue weighted by Gasteiger charge is -2.35. The maximum Gasteiger partial charge on any atom is 0.252 e. The number of nitrogens with zero attached hydrogens (tertiary/aromatic N) is 4. The molecule has 0 saturated carbocycles. The molecule has 2 aliphatic heterocycles. The van der Waals surface area contributed by atoms with Gasteiger partial charge in [0.25, 0.3) is 5.91 Å². The van der Waals surface area contributed by atoms with Crippen LogP contribution in [0.3, 0.4) is 0 Å². The van der Waals surface area contributed by atoms with Crippen LogP contribution in [0.25, 0.3) is 0 Å². The Labute approximate surface area is 171 Å². The van der Waals surface area contributed by atoms with Crippen molar-refractivity contribution in [3.8, 4) is 0 Å². The highest BCUT2D eigenvalue weighted by atomic mass is 16.2. The summed E-state index contributed by atoms with van der Waals surface area (Å²) in [6, 6.07) is 7.72. The summed E-state index contributed by atoms with van der Waals surface area (Å²) in [6.07, 6.45) is 5.17. The molecule has 4 rings (SSSR count). The molecule has 29 heavy (non-hydrogen) atoms. The second-order valence-corrected chi connectivity index (χ2v) is 8.36. The lowest BCUT2D eigenvalue weighted by atomic mass is 9.81. The molecule has 2 atom stereocenters. The monoisotopic (exact) mass is 393 g/mol. The molecule has 3 heterocycles. The summed E-state index contributed by atoms with van der Waals surface area (Å²) in [5.74, 6) is 0.414. The van der Waals surface area contributed by atoms with Crippen molar-refractivity contribution >= 4 is 11.8 Å². The molecule has 152 valence electrons. The number of hydrogen-bond donors (Lipinski definition) is 1. The average molecular weight is 393 g/mol. The summed E-state index contributed by atoms with van der Waals surface area (Å²) < 4.78 is 0. The van der Waals surface area contributed by atoms with E-state index in [2.05, 4.69) is 20.2 Å². The molecule has 2 aromatic rings. The number of carbonyl (C=O) groups excluding carboxylic acids is 2. The Morgan fingerprint density at radius 1 is 1.28 bits per heavy atom. The van der Waals surface area contributed by atoms with Gasteiger partial charge in [-0.05, 0) is 31.4 Å². The first-order valence-corrected chi connectivity index (χ1v) is 9.99. The van der Waals surface area contributed by atoms with Gasteiger partial charge in [-0.3, -0.25) is 14.5 Å². The topological polar surface area (TPSA) is 78.4 Å². The maximum absolute atomic E-state index is 13.1. The summed E-state index contributed by atoms with van der Waals surface area (Å²) in [5.41, 5.74) is 2.18. The number of rotatable bonds is 3. The van der Waals surface area contributed by atoms with E-state index in [4.69, 9.17) is 0 Å². The number of hydrogen-bond acceptors (Lipinski definition) is 5. The zero-order valence-electron chi connectivity index (χ0n) is 17.2. The first kappa shape index (κ1) is 19.5. The predicted molar refractivity (Wildman–Crippen MR) is 109 cm³/mol. The van der Waals surface area contributed by atoms with Gasteiger partial charge in [-0.1, -0.05) is 18.2 Å². The van der Waals surface area contributed by atoms with Gasteiger partial charge in [0, 0.05) is 57.3 Å². The Kier molecular flexibility index (Phi) is 5.08. The van der Waals surface area contributed by atoms with E-state index in [1.54, 1.807) is 19.0 Å². The van der Waals surface area contributed by atoms with Crippen LogP contribution in [-0.2, 0) is 17.8 Å². The van der Waals surface area contributed by atoms with Crippen LogP contribution >= 0.6 is 0 Å². The van der Waals surface area contributed by atoms with Gasteiger partial charge in [0.2, 0.25) is 5.91 Å². The van der Waals surface area contributed by atoms with Crippen LogP contribution in [0, 0.1) is 12.8 Å². The lowest BCUT2D eigenvalue weighted by molar-refractivity contribution is -0.134. The number of carbonyl (C=O) groups is 2. The third kappa shape index (κ3) is 3.74.